The number of hydrogen-bond donors (Lipinski definition) is 1. The molecule has 2 aliphatic rings. The standard InChI is InChI=1S/C14H15N3O6/c18-6-5-15-8-13(16(20)21)7-14(9-15,17(22)23)12(19)10-3-1-2-4-11(10)13/h1-4,18H,5-9H2/t13-,14-/m1/s1. The van der Waals surface area contributed by atoms with Gasteiger partial charge in [0.2, 0.25) is 5.78 Å². The zero-order valence-corrected chi connectivity index (χ0v) is 12.2. The lowest BCUT2D eigenvalue weighted by Gasteiger charge is -2.45. The first-order valence-electron chi connectivity index (χ1n) is 7.14. The third kappa shape index (κ3) is 1.97. The van der Waals surface area contributed by atoms with Crippen molar-refractivity contribution in [2.75, 3.05) is 26.2 Å². The molecule has 1 heterocycles. The summed E-state index contributed by atoms with van der Waals surface area (Å²) in [4.78, 5) is 36.5. The number of Topliss-reactive ketones (excluding diaryl/α,β-unsaturated/α-hetero) is 1. The normalized spacial score (nSPS) is 29.9. The summed E-state index contributed by atoms with van der Waals surface area (Å²) in [5, 5.41) is 32.7. The van der Waals surface area contributed by atoms with E-state index < -0.39 is 33.1 Å². The Morgan fingerprint density at radius 2 is 1.74 bits per heavy atom. The highest BCUT2D eigenvalue weighted by atomic mass is 16.6. The van der Waals surface area contributed by atoms with Crippen LogP contribution in [0.1, 0.15) is 22.3 Å². The Morgan fingerprint density at radius 3 is 2.35 bits per heavy atom. The maximum atomic E-state index is 12.8. The molecule has 0 unspecified atom stereocenters. The molecule has 2 atom stereocenters. The predicted molar refractivity (Wildman–Crippen MR) is 77.3 cm³/mol. The highest BCUT2D eigenvalue weighted by Gasteiger charge is 2.70. The van der Waals surface area contributed by atoms with Gasteiger partial charge in [-0.1, -0.05) is 24.3 Å². The van der Waals surface area contributed by atoms with E-state index in [9.17, 15) is 25.0 Å². The molecule has 1 aliphatic heterocycles. The number of benzene rings is 1. The molecule has 23 heavy (non-hydrogen) atoms. The first-order valence-corrected chi connectivity index (χ1v) is 7.14. The lowest BCUT2D eigenvalue weighted by Crippen LogP contribution is -2.69. The van der Waals surface area contributed by atoms with Crippen molar-refractivity contribution in [1.29, 1.82) is 0 Å². The van der Waals surface area contributed by atoms with E-state index >= 15 is 0 Å². The zero-order valence-electron chi connectivity index (χ0n) is 12.2. The molecule has 1 aromatic carbocycles. The third-order valence-corrected chi connectivity index (χ3v) is 4.77. The van der Waals surface area contributed by atoms with Crippen molar-refractivity contribution >= 4 is 5.78 Å². The monoisotopic (exact) mass is 321 g/mol. The van der Waals surface area contributed by atoms with Crippen LogP contribution in [0.15, 0.2) is 24.3 Å². The maximum Gasteiger partial charge on any atom is 0.303 e. The molecule has 122 valence electrons. The number of likely N-dealkylation sites (tertiary alicyclic amines) is 1. The predicted octanol–water partition coefficient (Wildman–Crippen LogP) is 0.0684. The number of hydrogen-bond acceptors (Lipinski definition) is 7. The average molecular weight is 321 g/mol. The Balaban J connectivity index is 2.27. The van der Waals surface area contributed by atoms with Crippen molar-refractivity contribution < 1.29 is 19.7 Å². The SMILES string of the molecule is O=C1c2ccccc2[C@]2([N+](=O)[O-])CN(CCO)C[C@]1([N+](=O)[O-])C2. The topological polar surface area (TPSA) is 127 Å². The number of ketones is 1. The summed E-state index contributed by atoms with van der Waals surface area (Å²) in [5.41, 5.74) is -3.49. The van der Waals surface area contributed by atoms with Crippen LogP contribution < -0.4 is 0 Å². The van der Waals surface area contributed by atoms with E-state index in [1.54, 1.807) is 12.1 Å². The number of nitrogens with zero attached hydrogens (tertiary/aromatic N) is 3. The van der Waals surface area contributed by atoms with Crippen LogP contribution in [0.2, 0.25) is 0 Å². The van der Waals surface area contributed by atoms with Gasteiger partial charge in [-0.05, 0) is 0 Å². The Bertz CT molecular complexity index is 708. The summed E-state index contributed by atoms with van der Waals surface area (Å²) >= 11 is 0. The zero-order chi connectivity index (χ0) is 16.8. The largest absolute Gasteiger partial charge is 0.395 e. The number of piperidine rings is 1. The highest BCUT2D eigenvalue weighted by Crippen LogP contribution is 2.47. The fraction of sp³-hybridized carbons (Fsp3) is 0.500. The minimum absolute atomic E-state index is 0.0423. The molecule has 1 fully saturated rings. The van der Waals surface area contributed by atoms with Gasteiger partial charge in [0.1, 0.15) is 6.42 Å². The van der Waals surface area contributed by atoms with Gasteiger partial charge in [0, 0.05) is 27.5 Å². The van der Waals surface area contributed by atoms with Crippen LogP contribution >= 0.6 is 0 Å². The minimum Gasteiger partial charge on any atom is -0.395 e. The van der Waals surface area contributed by atoms with E-state index in [0.29, 0.717) is 0 Å². The molecule has 9 nitrogen and oxygen atoms in total. The van der Waals surface area contributed by atoms with Crippen LogP contribution in [0.25, 0.3) is 0 Å². The van der Waals surface area contributed by atoms with Gasteiger partial charge in [0.15, 0.2) is 0 Å². The van der Waals surface area contributed by atoms with Crippen molar-refractivity contribution in [3.8, 4) is 0 Å². The summed E-state index contributed by atoms with van der Waals surface area (Å²) in [7, 11) is 0. The number of carbonyl (C=O) groups is 1. The molecule has 0 amide bonds. The lowest BCUT2D eigenvalue weighted by atomic mass is 9.64. The van der Waals surface area contributed by atoms with E-state index in [1.165, 1.54) is 17.0 Å². The Labute approximate surface area is 130 Å². The summed E-state index contributed by atoms with van der Waals surface area (Å²) < 4.78 is 0. The molecule has 0 spiro atoms. The summed E-state index contributed by atoms with van der Waals surface area (Å²) in [6.07, 6.45) is -0.461. The fourth-order valence-corrected chi connectivity index (χ4v) is 3.79. The quantitative estimate of drug-likeness (QED) is 0.614. The van der Waals surface area contributed by atoms with E-state index in [4.69, 9.17) is 5.11 Å². The minimum atomic E-state index is -2.05. The number of aliphatic hydroxyl groups excluding tert-OH is 1. The summed E-state index contributed by atoms with van der Waals surface area (Å²) in [6, 6.07) is 6.03. The van der Waals surface area contributed by atoms with E-state index in [0.717, 1.165) is 0 Å². The molecule has 1 saturated heterocycles. The van der Waals surface area contributed by atoms with E-state index in [2.05, 4.69) is 0 Å². The molecular formula is C14H15N3O6. The highest BCUT2D eigenvalue weighted by molar-refractivity contribution is 6.05. The molecular weight excluding hydrogens is 306 g/mol. The lowest BCUT2D eigenvalue weighted by molar-refractivity contribution is -0.623. The Hall–Kier alpha value is -2.39. The van der Waals surface area contributed by atoms with Crippen molar-refractivity contribution in [1.82, 2.24) is 4.90 Å². The van der Waals surface area contributed by atoms with Crippen LogP contribution in [-0.4, -0.2) is 57.4 Å². The number of β-amino-alcohol motifs (C(OH)–C–C–N with tert-alkyl or cyclic N) is 1. The molecule has 1 N–H and O–H groups in total. The first kappa shape index (κ1) is 15.5. The molecule has 9 heteroatoms. The van der Waals surface area contributed by atoms with Gasteiger partial charge >= 0.3 is 5.54 Å². The number of rotatable bonds is 4. The molecule has 3 rings (SSSR count). The maximum absolute atomic E-state index is 12.8. The average Bonchev–Trinajstić information content (AvgIpc) is 2.52. The Kier molecular flexibility index (Phi) is 3.42. The van der Waals surface area contributed by atoms with Gasteiger partial charge in [-0.3, -0.25) is 29.9 Å². The first-order chi connectivity index (χ1) is 10.9. The molecule has 0 aromatic heterocycles. The van der Waals surface area contributed by atoms with Crippen molar-refractivity contribution in [3.63, 3.8) is 0 Å². The van der Waals surface area contributed by atoms with Crippen molar-refractivity contribution in [3.05, 3.63) is 55.6 Å². The number of fused-ring (bicyclic) bond motifs is 4. The molecule has 1 aliphatic carbocycles. The molecule has 1 aromatic rings. The van der Waals surface area contributed by atoms with E-state index in [-0.39, 0.29) is 37.4 Å². The van der Waals surface area contributed by atoms with Crippen molar-refractivity contribution in [2.24, 2.45) is 0 Å². The molecule has 0 saturated carbocycles. The van der Waals surface area contributed by atoms with E-state index in [1.807, 2.05) is 0 Å². The van der Waals surface area contributed by atoms with Gasteiger partial charge in [0.25, 0.3) is 5.54 Å². The van der Waals surface area contributed by atoms with Gasteiger partial charge in [0.05, 0.1) is 19.7 Å². The second-order valence-electron chi connectivity index (χ2n) is 6.06. The second-order valence-corrected chi connectivity index (χ2v) is 6.06. The van der Waals surface area contributed by atoms with Gasteiger partial charge < -0.3 is 5.11 Å². The number of aliphatic hydroxyl groups is 1. The second kappa shape index (κ2) is 5.07. The van der Waals surface area contributed by atoms with Crippen LogP contribution in [0.5, 0.6) is 0 Å². The number of nitro groups is 2. The molecule has 2 bridgehead atoms. The van der Waals surface area contributed by atoms with Crippen LogP contribution in [0, 0.1) is 20.2 Å². The van der Waals surface area contributed by atoms with Gasteiger partial charge in [-0.2, -0.15) is 0 Å². The van der Waals surface area contributed by atoms with Gasteiger partial charge in [-0.25, -0.2) is 0 Å². The van der Waals surface area contributed by atoms with Crippen LogP contribution in [0.4, 0.5) is 0 Å². The number of carbonyl (C=O) groups excluding carboxylic acids is 1. The summed E-state index contributed by atoms with van der Waals surface area (Å²) in [6.45, 7) is -0.554. The van der Waals surface area contributed by atoms with Crippen molar-refractivity contribution in [2.45, 2.75) is 17.5 Å². The van der Waals surface area contributed by atoms with Crippen LogP contribution in [0.3, 0.4) is 0 Å². The third-order valence-electron chi connectivity index (χ3n) is 4.77. The van der Waals surface area contributed by atoms with Crippen LogP contribution in [-0.2, 0) is 5.54 Å². The van der Waals surface area contributed by atoms with Gasteiger partial charge in [-0.15, -0.1) is 0 Å². The fourth-order valence-electron chi connectivity index (χ4n) is 3.79. The Morgan fingerprint density at radius 1 is 1.13 bits per heavy atom. The molecule has 0 radical (unpaired) electrons. The summed E-state index contributed by atoms with van der Waals surface area (Å²) in [5.74, 6) is -0.696. The smallest absolute Gasteiger partial charge is 0.303 e.